The van der Waals surface area contributed by atoms with E-state index in [-0.39, 0.29) is 5.91 Å². The van der Waals surface area contributed by atoms with Crippen molar-refractivity contribution < 1.29 is 19.0 Å². The molecular formula is C28H36N4O4. The fourth-order valence-corrected chi connectivity index (χ4v) is 3.83. The molecule has 0 aliphatic heterocycles. The molecule has 192 valence electrons. The summed E-state index contributed by atoms with van der Waals surface area (Å²) < 4.78 is 18.2. The molecule has 1 amide bonds. The van der Waals surface area contributed by atoms with Gasteiger partial charge in [-0.15, -0.1) is 0 Å². The van der Waals surface area contributed by atoms with Crippen LogP contribution in [0, 0.1) is 0 Å². The van der Waals surface area contributed by atoms with Crippen LogP contribution in [0.2, 0.25) is 0 Å². The van der Waals surface area contributed by atoms with Crippen LogP contribution in [-0.2, 0) is 11.2 Å². The lowest BCUT2D eigenvalue weighted by atomic mass is 10.1. The highest BCUT2D eigenvalue weighted by atomic mass is 16.5. The Morgan fingerprint density at radius 1 is 1.06 bits per heavy atom. The molecule has 0 aliphatic carbocycles. The molecule has 0 unspecified atom stereocenters. The number of nitrogens with zero attached hydrogens (tertiary/aromatic N) is 3. The second-order valence-electron chi connectivity index (χ2n) is 8.46. The van der Waals surface area contributed by atoms with E-state index >= 15 is 0 Å². The molecular weight excluding hydrogens is 456 g/mol. The van der Waals surface area contributed by atoms with Gasteiger partial charge in [-0.05, 0) is 61.8 Å². The highest BCUT2D eigenvalue weighted by molar-refractivity contribution is 5.78. The fourth-order valence-electron chi connectivity index (χ4n) is 3.83. The van der Waals surface area contributed by atoms with Gasteiger partial charge >= 0.3 is 0 Å². The van der Waals surface area contributed by atoms with Crippen molar-refractivity contribution in [3.8, 4) is 22.9 Å². The zero-order chi connectivity index (χ0) is 25.8. The Hall–Kier alpha value is -3.78. The maximum atomic E-state index is 12.2. The van der Waals surface area contributed by atoms with E-state index in [0.717, 1.165) is 42.7 Å². The minimum atomic E-state index is 0.0290. The molecule has 3 aromatic rings. The number of imidazole rings is 1. The Morgan fingerprint density at radius 3 is 2.39 bits per heavy atom. The quantitative estimate of drug-likeness (QED) is 0.343. The highest BCUT2D eigenvalue weighted by Gasteiger charge is 2.13. The maximum Gasteiger partial charge on any atom is 0.223 e. The van der Waals surface area contributed by atoms with Crippen LogP contribution in [0.1, 0.15) is 24.0 Å². The number of hydrogen-bond donors (Lipinski definition) is 1. The number of ether oxygens (including phenoxy) is 3. The topological polar surface area (TPSA) is 77.9 Å². The molecule has 0 fully saturated rings. The first-order valence-electron chi connectivity index (χ1n) is 12.0. The van der Waals surface area contributed by atoms with Crippen molar-refractivity contribution in [3.63, 3.8) is 0 Å². The Morgan fingerprint density at radius 2 is 1.78 bits per heavy atom. The van der Waals surface area contributed by atoms with Gasteiger partial charge < -0.3 is 29.0 Å². The Kier molecular flexibility index (Phi) is 10.4. The average Bonchev–Trinajstić information content (AvgIpc) is 3.44. The number of nitrogens with one attached hydrogen (secondary N) is 1. The molecule has 0 saturated carbocycles. The van der Waals surface area contributed by atoms with Crippen molar-refractivity contribution in [3.05, 3.63) is 72.3 Å². The number of carbonyl (C=O) groups excluding carboxylic acids is 1. The summed E-state index contributed by atoms with van der Waals surface area (Å²) in [4.78, 5) is 18.5. The van der Waals surface area contributed by atoms with Crippen LogP contribution in [0.3, 0.4) is 0 Å². The second kappa shape index (κ2) is 13.9. The number of benzene rings is 2. The van der Waals surface area contributed by atoms with Gasteiger partial charge in [-0.2, -0.15) is 0 Å². The van der Waals surface area contributed by atoms with Crippen LogP contribution in [-0.4, -0.2) is 68.4 Å². The van der Waals surface area contributed by atoms with Gasteiger partial charge in [0.25, 0.3) is 0 Å². The highest BCUT2D eigenvalue weighted by Crippen LogP contribution is 2.38. The normalized spacial score (nSPS) is 11.1. The Labute approximate surface area is 213 Å². The van der Waals surface area contributed by atoms with Crippen LogP contribution in [0.5, 0.6) is 17.2 Å². The van der Waals surface area contributed by atoms with Gasteiger partial charge in [-0.1, -0.05) is 24.3 Å². The predicted molar refractivity (Wildman–Crippen MR) is 142 cm³/mol. The summed E-state index contributed by atoms with van der Waals surface area (Å²) in [5.74, 6) is 1.96. The molecule has 2 aromatic carbocycles. The van der Waals surface area contributed by atoms with E-state index in [1.165, 1.54) is 0 Å². The summed E-state index contributed by atoms with van der Waals surface area (Å²) in [6.45, 7) is 2.43. The number of likely N-dealkylation sites (N-methyl/N-ethyl adjacent to an activating group) is 1. The largest absolute Gasteiger partial charge is 0.493 e. The first-order chi connectivity index (χ1) is 17.5. The van der Waals surface area contributed by atoms with Gasteiger partial charge in [0.15, 0.2) is 11.5 Å². The van der Waals surface area contributed by atoms with Gasteiger partial charge in [-0.25, -0.2) is 4.98 Å². The first kappa shape index (κ1) is 26.8. The number of hydrogen-bond acceptors (Lipinski definition) is 6. The average molecular weight is 493 g/mol. The molecule has 0 radical (unpaired) electrons. The van der Waals surface area contributed by atoms with Gasteiger partial charge in [-0.3, -0.25) is 4.79 Å². The van der Waals surface area contributed by atoms with Gasteiger partial charge in [0, 0.05) is 37.6 Å². The summed E-state index contributed by atoms with van der Waals surface area (Å²) in [7, 11) is 6.93. The smallest absolute Gasteiger partial charge is 0.223 e. The second-order valence-corrected chi connectivity index (χ2v) is 8.46. The molecule has 0 atom stereocenters. The van der Waals surface area contributed by atoms with Crippen molar-refractivity contribution in [2.45, 2.75) is 19.3 Å². The minimum Gasteiger partial charge on any atom is -0.493 e. The molecule has 0 spiro atoms. The lowest BCUT2D eigenvalue weighted by Crippen LogP contribution is -2.28. The van der Waals surface area contributed by atoms with Crippen LogP contribution >= 0.6 is 0 Å². The van der Waals surface area contributed by atoms with Crippen LogP contribution in [0.4, 0.5) is 0 Å². The summed E-state index contributed by atoms with van der Waals surface area (Å²) in [6, 6.07) is 12.1. The van der Waals surface area contributed by atoms with Crippen molar-refractivity contribution in [1.82, 2.24) is 19.8 Å². The fraction of sp³-hybridized carbons (Fsp3) is 0.357. The van der Waals surface area contributed by atoms with Gasteiger partial charge in [0.2, 0.25) is 11.7 Å². The van der Waals surface area contributed by atoms with Crippen LogP contribution < -0.4 is 19.5 Å². The third-order valence-electron chi connectivity index (χ3n) is 5.85. The molecule has 0 bridgehead atoms. The lowest BCUT2D eigenvalue weighted by Gasteiger charge is -2.18. The predicted octanol–water partition coefficient (Wildman–Crippen LogP) is 3.98. The van der Waals surface area contributed by atoms with E-state index in [0.29, 0.717) is 30.2 Å². The van der Waals surface area contributed by atoms with Gasteiger partial charge in [0.1, 0.15) is 0 Å². The molecule has 36 heavy (non-hydrogen) atoms. The zero-order valence-corrected chi connectivity index (χ0v) is 21.6. The van der Waals surface area contributed by atoms with E-state index in [1.54, 1.807) is 33.9 Å². The van der Waals surface area contributed by atoms with E-state index < -0.39 is 0 Å². The summed E-state index contributed by atoms with van der Waals surface area (Å²) in [6.07, 6.45) is 11.4. The maximum absolute atomic E-state index is 12.2. The number of amides is 1. The Balaban J connectivity index is 1.33. The molecule has 1 N–H and O–H groups in total. The lowest BCUT2D eigenvalue weighted by molar-refractivity contribution is -0.120. The summed E-state index contributed by atoms with van der Waals surface area (Å²) >= 11 is 0. The molecule has 1 heterocycles. The van der Waals surface area contributed by atoms with E-state index in [9.17, 15) is 4.79 Å². The van der Waals surface area contributed by atoms with E-state index in [1.807, 2.05) is 59.3 Å². The molecule has 0 aliphatic rings. The van der Waals surface area contributed by atoms with Gasteiger partial charge in [0.05, 0.1) is 27.7 Å². The third-order valence-corrected chi connectivity index (χ3v) is 5.85. The summed E-state index contributed by atoms with van der Waals surface area (Å²) in [5.41, 5.74) is 3.23. The van der Waals surface area contributed by atoms with Crippen LogP contribution in [0.25, 0.3) is 11.8 Å². The number of carbonyl (C=O) groups is 1. The van der Waals surface area contributed by atoms with Crippen molar-refractivity contribution in [1.29, 1.82) is 0 Å². The number of methoxy groups -OCH3 is 3. The third kappa shape index (κ3) is 7.88. The SMILES string of the molecule is COc1cc(CCN(C)CCCNC(=O)C/C=C/c2ccc(-n3ccnc3)cc2)cc(OC)c1OC. The standard InChI is InChI=1S/C28H36N4O4/c1-31(17-13-23-19-25(34-2)28(36-4)26(20-23)35-3)16-6-14-30-27(33)8-5-7-22-9-11-24(12-10-22)32-18-15-29-21-32/h5,7,9-12,15,18-21H,6,8,13-14,16-17H2,1-4H3,(H,30,33)/b7-5+. The molecule has 0 saturated heterocycles. The number of aromatic nitrogens is 2. The zero-order valence-electron chi connectivity index (χ0n) is 21.6. The van der Waals surface area contributed by atoms with Crippen molar-refractivity contribution in [2.24, 2.45) is 0 Å². The van der Waals surface area contributed by atoms with Crippen molar-refractivity contribution >= 4 is 12.0 Å². The summed E-state index contributed by atoms with van der Waals surface area (Å²) in [5, 5.41) is 2.99. The minimum absolute atomic E-state index is 0.0290. The molecule has 8 heteroatoms. The molecule has 8 nitrogen and oxygen atoms in total. The van der Waals surface area contributed by atoms with E-state index in [4.69, 9.17) is 14.2 Å². The van der Waals surface area contributed by atoms with Crippen molar-refractivity contribution in [2.75, 3.05) is 48.0 Å². The first-order valence-corrected chi connectivity index (χ1v) is 12.0. The monoisotopic (exact) mass is 492 g/mol. The number of rotatable bonds is 14. The molecule has 3 rings (SSSR count). The Bertz CT molecular complexity index is 1090. The molecule has 1 aromatic heterocycles. The van der Waals surface area contributed by atoms with E-state index in [2.05, 4.69) is 22.2 Å². The van der Waals surface area contributed by atoms with Crippen LogP contribution in [0.15, 0.2) is 61.2 Å².